The van der Waals surface area contributed by atoms with Crippen LogP contribution in [-0.2, 0) is 43.4 Å². The van der Waals surface area contributed by atoms with E-state index in [2.05, 4.69) is 49.1 Å². The van der Waals surface area contributed by atoms with Gasteiger partial charge >= 0.3 is 11.7 Å². The maximum Gasteiger partial charge on any atom is 0.337 e. The molecule has 16 heteroatoms. The minimum Gasteiger partial charge on any atom is -0.478 e. The largest absolute Gasteiger partial charge is 0.478 e. The number of aromatic nitrogens is 2. The van der Waals surface area contributed by atoms with Gasteiger partial charge in [0.05, 0.1) is 39.4 Å². The molecular weight excluding hydrogens is 944 g/mol. The molecule has 364 valence electrons. The SMILES string of the molecule is CC[C@@H]1CC[C@H](n2cc(CC#CCNC(=O)c3ccc(CNC(=O)c4cc(Cl)c(C5=c6cc7c8c(c6Oc6c5cc5c9c6CCCN9CCC5)CCC[N+]=8CCC7)c(C(=O)O)c4Cl)cc3)c(=O)[nH]c2=O)O1. The number of carbonyl (C=O) groups is 3. The van der Waals surface area contributed by atoms with Crippen molar-refractivity contribution in [1.29, 1.82) is 0 Å². The Morgan fingerprint density at radius 1 is 0.887 bits per heavy atom. The average Bonchev–Trinajstić information content (AvgIpc) is 3.86. The Labute approximate surface area is 419 Å². The lowest BCUT2D eigenvalue weighted by Crippen LogP contribution is -2.45. The number of aromatic amines is 1. The lowest BCUT2D eigenvalue weighted by Gasteiger charge is -2.39. The number of hydrogen-bond acceptors (Lipinski definition) is 8. The monoisotopic (exact) mass is 995 g/mol. The first-order valence-corrected chi connectivity index (χ1v) is 25.5. The molecule has 5 aromatic rings. The molecule has 4 aromatic carbocycles. The molecule has 71 heavy (non-hydrogen) atoms. The summed E-state index contributed by atoms with van der Waals surface area (Å²) >= 11 is 14.4. The number of H-pyrrole nitrogens is 1. The van der Waals surface area contributed by atoms with Crippen molar-refractivity contribution in [2.75, 3.05) is 37.6 Å². The van der Waals surface area contributed by atoms with E-state index in [1.54, 1.807) is 24.3 Å². The molecular formula is C55H53Cl2N6O8+. The van der Waals surface area contributed by atoms with Gasteiger partial charge in [0.1, 0.15) is 30.8 Å². The molecule has 7 heterocycles. The maximum atomic E-state index is 14.0. The van der Waals surface area contributed by atoms with Crippen LogP contribution in [0.5, 0.6) is 11.5 Å². The lowest BCUT2D eigenvalue weighted by molar-refractivity contribution is -0.00214. The Hall–Kier alpha value is -6.66. The summed E-state index contributed by atoms with van der Waals surface area (Å²) in [5.41, 5.74) is 7.66. The number of ether oxygens (including phenoxy) is 2. The first-order valence-electron chi connectivity index (χ1n) is 24.8. The van der Waals surface area contributed by atoms with Crippen LogP contribution < -0.4 is 46.7 Å². The van der Waals surface area contributed by atoms with E-state index < -0.39 is 29.4 Å². The van der Waals surface area contributed by atoms with Crippen molar-refractivity contribution in [3.63, 3.8) is 0 Å². The first kappa shape index (κ1) is 46.7. The zero-order valence-corrected chi connectivity index (χ0v) is 40.9. The molecule has 2 amide bonds. The smallest absolute Gasteiger partial charge is 0.337 e. The van der Waals surface area contributed by atoms with Crippen LogP contribution in [-0.4, -0.2) is 71.3 Å². The van der Waals surface area contributed by atoms with Crippen LogP contribution in [0.25, 0.3) is 5.57 Å². The minimum absolute atomic E-state index is 0.0219. The summed E-state index contributed by atoms with van der Waals surface area (Å²) in [6, 6.07) is 12.5. The number of carboxylic acids is 1. The van der Waals surface area contributed by atoms with E-state index >= 15 is 0 Å². The summed E-state index contributed by atoms with van der Waals surface area (Å²) in [5, 5.41) is 18.6. The quantitative estimate of drug-likeness (QED) is 0.0953. The molecule has 1 fully saturated rings. The number of anilines is 1. The lowest BCUT2D eigenvalue weighted by atomic mass is 9.81. The van der Waals surface area contributed by atoms with E-state index in [9.17, 15) is 29.1 Å². The Balaban J connectivity index is 0.835. The van der Waals surface area contributed by atoms with E-state index in [0.29, 0.717) is 28.7 Å². The minimum atomic E-state index is -1.31. The van der Waals surface area contributed by atoms with Crippen molar-refractivity contribution >= 4 is 52.2 Å². The van der Waals surface area contributed by atoms with Crippen molar-refractivity contribution in [1.82, 2.24) is 24.8 Å². The molecule has 11 rings (SSSR count). The van der Waals surface area contributed by atoms with Gasteiger partial charge in [0.15, 0.2) is 0 Å². The second kappa shape index (κ2) is 19.2. The van der Waals surface area contributed by atoms with Gasteiger partial charge in [0.25, 0.3) is 17.4 Å². The number of halogens is 2. The molecule has 0 unspecified atom stereocenters. The molecule has 6 aliphatic rings. The van der Waals surface area contributed by atoms with Crippen LogP contribution in [0.2, 0.25) is 10.0 Å². The third kappa shape index (κ3) is 8.51. The summed E-state index contributed by atoms with van der Waals surface area (Å²) < 4.78 is 17.0. The Bertz CT molecular complexity index is 3420. The van der Waals surface area contributed by atoms with Gasteiger partial charge in [-0.3, -0.25) is 23.9 Å². The number of hydrogen-bond donors (Lipinski definition) is 4. The number of nitrogens with one attached hydrogen (secondary N) is 3. The van der Waals surface area contributed by atoms with Gasteiger partial charge in [-0.1, -0.05) is 54.1 Å². The van der Waals surface area contributed by atoms with Gasteiger partial charge in [-0.2, -0.15) is 0 Å². The molecule has 0 radical (unpaired) electrons. The fourth-order valence-electron chi connectivity index (χ4n) is 11.6. The summed E-state index contributed by atoms with van der Waals surface area (Å²) in [4.78, 5) is 70.3. The van der Waals surface area contributed by atoms with Crippen molar-refractivity contribution in [2.45, 2.75) is 103 Å². The number of amides is 2. The second-order valence-electron chi connectivity index (χ2n) is 19.2. The Morgan fingerprint density at radius 3 is 2.42 bits per heavy atom. The van der Waals surface area contributed by atoms with Crippen molar-refractivity contribution < 1.29 is 29.0 Å². The Morgan fingerprint density at radius 2 is 1.65 bits per heavy atom. The van der Waals surface area contributed by atoms with Gasteiger partial charge in [-0.25, -0.2) is 14.2 Å². The fourth-order valence-corrected chi connectivity index (χ4v) is 12.2. The topological polar surface area (TPSA) is 175 Å². The second-order valence-corrected chi connectivity index (χ2v) is 20.0. The first-order chi connectivity index (χ1) is 34.5. The van der Waals surface area contributed by atoms with Crippen LogP contribution >= 0.6 is 23.2 Å². The summed E-state index contributed by atoms with van der Waals surface area (Å²) in [6.45, 7) is 6.04. The summed E-state index contributed by atoms with van der Waals surface area (Å²) in [7, 11) is 0. The molecule has 4 N–H and O–H groups in total. The predicted molar refractivity (Wildman–Crippen MR) is 270 cm³/mol. The number of carbonyl (C=O) groups excluding carboxylic acids is 2. The van der Waals surface area contributed by atoms with Crippen LogP contribution in [0.4, 0.5) is 5.69 Å². The van der Waals surface area contributed by atoms with E-state index in [0.717, 1.165) is 124 Å². The number of aryl methyl sites for hydroxylation is 2. The van der Waals surface area contributed by atoms with Crippen molar-refractivity contribution in [2.24, 2.45) is 0 Å². The van der Waals surface area contributed by atoms with E-state index in [1.807, 2.05) is 6.92 Å². The Kier molecular flexibility index (Phi) is 12.6. The normalized spacial score (nSPS) is 18.3. The van der Waals surface area contributed by atoms with E-state index in [1.165, 1.54) is 39.0 Å². The molecule has 14 nitrogen and oxygen atoms in total. The summed E-state index contributed by atoms with van der Waals surface area (Å²) in [5.74, 6) is 4.96. The zero-order valence-electron chi connectivity index (χ0n) is 39.4. The highest BCUT2D eigenvalue weighted by Crippen LogP contribution is 2.50. The fraction of sp³-hybridized carbons (Fsp3) is 0.382. The number of aromatic carboxylic acids is 1. The molecule has 1 saturated heterocycles. The maximum absolute atomic E-state index is 14.0. The molecule has 0 saturated carbocycles. The number of fused-ring (bicyclic) bond motifs is 4. The van der Waals surface area contributed by atoms with Gasteiger partial charge in [-0.05, 0) is 99.2 Å². The molecule has 6 aliphatic heterocycles. The number of benzene rings is 4. The van der Waals surface area contributed by atoms with Gasteiger partial charge in [-0.15, -0.1) is 0 Å². The van der Waals surface area contributed by atoms with Crippen LogP contribution in [0.1, 0.15) is 134 Å². The van der Waals surface area contributed by atoms with Gasteiger partial charge in [0.2, 0.25) is 5.36 Å². The molecule has 0 spiro atoms. The van der Waals surface area contributed by atoms with Gasteiger partial charge < -0.3 is 30.1 Å². The average molecular weight is 997 g/mol. The highest BCUT2D eigenvalue weighted by atomic mass is 35.5. The number of nitrogens with zero attached hydrogens (tertiary/aromatic N) is 3. The molecule has 0 bridgehead atoms. The van der Waals surface area contributed by atoms with Crippen molar-refractivity contribution in [3.8, 4) is 23.3 Å². The van der Waals surface area contributed by atoms with E-state index in [4.69, 9.17) is 32.7 Å². The van der Waals surface area contributed by atoms with Crippen LogP contribution in [0.15, 0.2) is 58.3 Å². The number of rotatable bonds is 10. The van der Waals surface area contributed by atoms with Crippen LogP contribution in [0, 0.1) is 11.8 Å². The summed E-state index contributed by atoms with van der Waals surface area (Å²) in [6.07, 6.45) is 11.0. The zero-order chi connectivity index (χ0) is 49.1. The van der Waals surface area contributed by atoms with E-state index in [-0.39, 0.29) is 58.3 Å². The molecule has 2 atom stereocenters. The highest BCUT2D eigenvalue weighted by Gasteiger charge is 2.38. The third-order valence-electron chi connectivity index (χ3n) is 14.9. The van der Waals surface area contributed by atoms with Crippen LogP contribution in [0.3, 0.4) is 0 Å². The van der Waals surface area contributed by atoms with Crippen molar-refractivity contribution in [3.05, 3.63) is 151 Å². The molecule has 0 aliphatic carbocycles. The highest BCUT2D eigenvalue weighted by molar-refractivity contribution is 6.40. The third-order valence-corrected chi connectivity index (χ3v) is 15.6. The van der Waals surface area contributed by atoms with Gasteiger partial charge in [0, 0.05) is 95.0 Å². The molecule has 1 aromatic heterocycles. The standard InChI is InChI=1S/C55H52Cl2N6O8/c1-2-35-18-19-42(70-35)63-29-34(52(65)60-55(63)69)9-3-4-20-58-51(64)31-16-14-30(15-17-31)28-59-53(66)40-27-41(56)44(45(46(40)57)54(67)68)43-38-25-32-10-5-21-61-23-7-12-36(47(32)61)49(38)71-50-37-13-8-24-62-22-6-11-33(48(37)62)26-39(43)50/h14-17,25-27,29,35,42H,2,5-13,18-24,28H2,1H3,(H3-,58,59,60,64,65,66,67,68,69)/p+1/t35-,42-/m1/s1. The number of carboxylic acid groups (broad SMARTS) is 1. The predicted octanol–water partition coefficient (Wildman–Crippen LogP) is 5.97.